The Morgan fingerprint density at radius 3 is 2.88 bits per heavy atom. The highest BCUT2D eigenvalue weighted by atomic mass is 16.1. The van der Waals surface area contributed by atoms with Crippen LogP contribution in [0.2, 0.25) is 0 Å². The van der Waals surface area contributed by atoms with Crippen molar-refractivity contribution in [2.75, 3.05) is 18.0 Å². The monoisotopic (exact) mass is 222 g/mol. The molecule has 0 bridgehead atoms. The lowest BCUT2D eigenvalue weighted by Gasteiger charge is -2.31. The summed E-state index contributed by atoms with van der Waals surface area (Å²) in [4.78, 5) is 20.9. The van der Waals surface area contributed by atoms with Crippen LogP contribution in [-0.2, 0) is 0 Å². The Balaban J connectivity index is 2.30. The maximum atomic E-state index is 11.6. The molecule has 2 rings (SSSR count). The third-order valence-electron chi connectivity index (χ3n) is 3.14. The van der Waals surface area contributed by atoms with E-state index in [2.05, 4.69) is 14.9 Å². The summed E-state index contributed by atoms with van der Waals surface area (Å²) >= 11 is 0. The fourth-order valence-electron chi connectivity index (χ4n) is 1.98. The van der Waals surface area contributed by atoms with Gasteiger partial charge in [-0.15, -0.1) is 0 Å². The summed E-state index contributed by atoms with van der Waals surface area (Å²) in [7, 11) is 0. The maximum absolute atomic E-state index is 11.6. The van der Waals surface area contributed by atoms with Crippen molar-refractivity contribution in [3.05, 3.63) is 21.6 Å². The second-order valence-corrected chi connectivity index (χ2v) is 4.45. The number of nitrogens with two attached hydrogens (primary N) is 1. The van der Waals surface area contributed by atoms with Crippen molar-refractivity contribution in [3.63, 3.8) is 0 Å². The van der Waals surface area contributed by atoms with E-state index < -0.39 is 0 Å². The van der Waals surface area contributed by atoms with Crippen molar-refractivity contribution < 1.29 is 0 Å². The first-order valence-corrected chi connectivity index (χ1v) is 5.66. The number of H-pyrrole nitrogens is 1. The molecule has 16 heavy (non-hydrogen) atoms. The molecule has 0 aromatic carbocycles. The molecule has 0 radical (unpaired) electrons. The van der Waals surface area contributed by atoms with Gasteiger partial charge in [0, 0.05) is 30.4 Å². The predicted octanol–water partition coefficient (Wildman–Crippen LogP) is 0.314. The number of rotatable bonds is 1. The first kappa shape index (κ1) is 11.1. The van der Waals surface area contributed by atoms with Crippen LogP contribution in [-0.4, -0.2) is 29.1 Å². The van der Waals surface area contributed by atoms with E-state index >= 15 is 0 Å². The van der Waals surface area contributed by atoms with Crippen LogP contribution >= 0.6 is 0 Å². The van der Waals surface area contributed by atoms with Crippen molar-refractivity contribution >= 4 is 5.95 Å². The molecule has 0 amide bonds. The third kappa shape index (κ3) is 2.09. The van der Waals surface area contributed by atoms with Crippen molar-refractivity contribution in [1.29, 1.82) is 0 Å². The van der Waals surface area contributed by atoms with Crippen LogP contribution in [0.5, 0.6) is 0 Å². The highest BCUT2D eigenvalue weighted by Crippen LogP contribution is 2.14. The summed E-state index contributed by atoms with van der Waals surface area (Å²) in [6.45, 7) is 5.33. The second kappa shape index (κ2) is 4.25. The van der Waals surface area contributed by atoms with E-state index in [1.54, 1.807) is 6.92 Å². The lowest BCUT2D eigenvalue weighted by molar-refractivity contribution is 0.499. The normalized spacial score (nSPS) is 21.2. The Hall–Kier alpha value is -1.36. The van der Waals surface area contributed by atoms with Crippen LogP contribution in [0.15, 0.2) is 4.79 Å². The van der Waals surface area contributed by atoms with Crippen molar-refractivity contribution in [2.45, 2.75) is 32.7 Å². The van der Waals surface area contributed by atoms with Crippen LogP contribution < -0.4 is 16.2 Å². The molecule has 88 valence electrons. The van der Waals surface area contributed by atoms with Gasteiger partial charge in [0.2, 0.25) is 5.95 Å². The van der Waals surface area contributed by atoms with Gasteiger partial charge in [-0.25, -0.2) is 4.98 Å². The summed E-state index contributed by atoms with van der Waals surface area (Å²) in [5.41, 5.74) is 7.33. The summed E-state index contributed by atoms with van der Waals surface area (Å²) < 4.78 is 0. The van der Waals surface area contributed by atoms with Gasteiger partial charge in [0.15, 0.2) is 0 Å². The molecule has 1 aromatic heterocycles. The van der Waals surface area contributed by atoms with Gasteiger partial charge in [0.25, 0.3) is 5.56 Å². The minimum atomic E-state index is -0.0540. The predicted molar refractivity (Wildman–Crippen MR) is 63.8 cm³/mol. The van der Waals surface area contributed by atoms with Gasteiger partial charge in [0.1, 0.15) is 0 Å². The lowest BCUT2D eigenvalue weighted by Crippen LogP contribution is -2.44. The van der Waals surface area contributed by atoms with Gasteiger partial charge in [-0.2, -0.15) is 0 Å². The summed E-state index contributed by atoms with van der Waals surface area (Å²) in [5, 5.41) is 0. The first-order valence-electron chi connectivity index (χ1n) is 5.66. The number of nitrogens with one attached hydrogen (secondary N) is 1. The molecule has 0 aliphatic carbocycles. The third-order valence-corrected chi connectivity index (χ3v) is 3.14. The number of anilines is 1. The summed E-state index contributed by atoms with van der Waals surface area (Å²) in [6.07, 6.45) is 2.10. The van der Waals surface area contributed by atoms with E-state index in [1.807, 2.05) is 6.92 Å². The fourth-order valence-corrected chi connectivity index (χ4v) is 1.98. The Morgan fingerprint density at radius 2 is 2.25 bits per heavy atom. The van der Waals surface area contributed by atoms with Crippen LogP contribution in [0.3, 0.4) is 0 Å². The molecule has 3 N–H and O–H groups in total. The molecule has 0 spiro atoms. The first-order chi connectivity index (χ1) is 7.58. The van der Waals surface area contributed by atoms with E-state index in [0.29, 0.717) is 11.5 Å². The molecule has 1 saturated heterocycles. The highest BCUT2D eigenvalue weighted by molar-refractivity contribution is 5.33. The number of aryl methyl sites for hydroxylation is 1. The molecule has 5 heteroatoms. The van der Waals surface area contributed by atoms with E-state index in [4.69, 9.17) is 5.73 Å². The van der Waals surface area contributed by atoms with E-state index in [0.717, 1.165) is 31.6 Å². The lowest BCUT2D eigenvalue weighted by atomic mass is 10.1. The summed E-state index contributed by atoms with van der Waals surface area (Å²) in [5.74, 6) is 0.656. The maximum Gasteiger partial charge on any atom is 0.255 e. The van der Waals surface area contributed by atoms with Gasteiger partial charge >= 0.3 is 0 Å². The average molecular weight is 222 g/mol. The molecule has 1 atom stereocenters. The van der Waals surface area contributed by atoms with Crippen LogP contribution in [0, 0.1) is 13.8 Å². The number of aromatic nitrogens is 2. The molecular weight excluding hydrogens is 204 g/mol. The van der Waals surface area contributed by atoms with E-state index in [1.165, 1.54) is 0 Å². The number of nitrogens with zero attached hydrogens (tertiary/aromatic N) is 2. The Labute approximate surface area is 94.7 Å². The standard InChI is InChI=1S/C11H18N4O/c1-7-8(2)13-11(14-10(7)16)15-5-3-4-9(12)6-15/h9H,3-6,12H2,1-2H3,(H,13,14,16)/t9-/m1/s1. The second-order valence-electron chi connectivity index (χ2n) is 4.45. The van der Waals surface area contributed by atoms with Gasteiger partial charge in [-0.1, -0.05) is 0 Å². The van der Waals surface area contributed by atoms with Crippen LogP contribution in [0.25, 0.3) is 0 Å². The smallest absolute Gasteiger partial charge is 0.255 e. The van der Waals surface area contributed by atoms with E-state index in [9.17, 15) is 4.79 Å². The Bertz CT molecular complexity index is 440. The van der Waals surface area contributed by atoms with E-state index in [-0.39, 0.29) is 11.6 Å². The molecule has 1 aliphatic rings. The summed E-state index contributed by atoms with van der Waals surface area (Å²) in [6, 6.07) is 0.181. The largest absolute Gasteiger partial charge is 0.341 e. The van der Waals surface area contributed by atoms with Crippen molar-refractivity contribution in [3.8, 4) is 0 Å². The quantitative estimate of drug-likeness (QED) is 0.717. The Morgan fingerprint density at radius 1 is 1.50 bits per heavy atom. The van der Waals surface area contributed by atoms with Crippen LogP contribution in [0.4, 0.5) is 5.95 Å². The zero-order valence-corrected chi connectivity index (χ0v) is 9.79. The molecule has 0 saturated carbocycles. The zero-order valence-electron chi connectivity index (χ0n) is 9.79. The zero-order chi connectivity index (χ0) is 11.7. The van der Waals surface area contributed by atoms with Gasteiger partial charge in [-0.05, 0) is 26.7 Å². The SMILES string of the molecule is Cc1nc(N2CCC[C@@H](N)C2)[nH]c(=O)c1C. The number of hydrogen-bond donors (Lipinski definition) is 2. The number of aromatic amines is 1. The molecule has 5 nitrogen and oxygen atoms in total. The minimum Gasteiger partial charge on any atom is -0.341 e. The molecule has 1 aromatic rings. The van der Waals surface area contributed by atoms with Crippen LogP contribution in [0.1, 0.15) is 24.1 Å². The average Bonchev–Trinajstić information content (AvgIpc) is 2.25. The van der Waals surface area contributed by atoms with Crippen molar-refractivity contribution in [2.24, 2.45) is 5.73 Å². The molecule has 2 heterocycles. The fraction of sp³-hybridized carbons (Fsp3) is 0.636. The highest BCUT2D eigenvalue weighted by Gasteiger charge is 2.19. The molecule has 1 aliphatic heterocycles. The van der Waals surface area contributed by atoms with Gasteiger partial charge in [0.05, 0.1) is 0 Å². The minimum absolute atomic E-state index is 0.0540. The molecular formula is C11H18N4O. The van der Waals surface area contributed by atoms with Gasteiger partial charge in [-0.3, -0.25) is 9.78 Å². The molecule has 1 fully saturated rings. The molecule has 0 unspecified atom stereocenters. The number of piperidine rings is 1. The van der Waals surface area contributed by atoms with Crippen molar-refractivity contribution in [1.82, 2.24) is 9.97 Å². The Kier molecular flexibility index (Phi) is 2.96. The topological polar surface area (TPSA) is 75.0 Å². The van der Waals surface area contributed by atoms with Gasteiger partial charge < -0.3 is 10.6 Å². The number of hydrogen-bond acceptors (Lipinski definition) is 4.